The first-order chi connectivity index (χ1) is 9.64. The monoisotopic (exact) mass is 274 g/mol. The van der Waals surface area contributed by atoms with Gasteiger partial charge in [0.2, 0.25) is 0 Å². The van der Waals surface area contributed by atoms with Crippen molar-refractivity contribution in [2.45, 2.75) is 58.5 Å². The van der Waals surface area contributed by atoms with E-state index in [4.69, 9.17) is 0 Å². The summed E-state index contributed by atoms with van der Waals surface area (Å²) in [7, 11) is 0. The summed E-state index contributed by atoms with van der Waals surface area (Å²) < 4.78 is 0. The lowest BCUT2D eigenvalue weighted by Crippen LogP contribution is -2.47. The second-order valence-corrected chi connectivity index (χ2v) is 5.71. The number of fused-ring (bicyclic) bond motifs is 1. The van der Waals surface area contributed by atoms with E-state index < -0.39 is 0 Å². The van der Waals surface area contributed by atoms with Crippen molar-refractivity contribution in [1.82, 2.24) is 10.6 Å². The van der Waals surface area contributed by atoms with Crippen molar-refractivity contribution in [3.05, 3.63) is 34.9 Å². The van der Waals surface area contributed by atoms with Crippen LogP contribution in [0.25, 0.3) is 0 Å². The molecule has 2 rings (SSSR count). The van der Waals surface area contributed by atoms with Crippen LogP contribution in [0.4, 0.5) is 0 Å². The van der Waals surface area contributed by atoms with E-state index in [2.05, 4.69) is 37.5 Å². The Morgan fingerprint density at radius 2 is 1.90 bits per heavy atom. The van der Waals surface area contributed by atoms with Crippen LogP contribution >= 0.6 is 0 Å². The predicted octanol–water partition coefficient (Wildman–Crippen LogP) is 3.03. The molecule has 3 nitrogen and oxygen atoms in total. The van der Waals surface area contributed by atoms with Crippen molar-refractivity contribution in [1.29, 1.82) is 0 Å². The standard InChI is InChI=1S/C17H26N2O/c1-4-17(5-2,6-3)19-16(20)14-8-7-13-9-10-18-12-15(13)11-14/h7-8,11,18H,4-6,9-10,12H2,1-3H3,(H,19,20). The minimum atomic E-state index is -0.0642. The first-order valence-corrected chi connectivity index (χ1v) is 7.79. The van der Waals surface area contributed by atoms with Crippen molar-refractivity contribution in [3.8, 4) is 0 Å². The van der Waals surface area contributed by atoms with Crippen LogP contribution in [-0.2, 0) is 13.0 Å². The van der Waals surface area contributed by atoms with Crippen molar-refractivity contribution in [2.75, 3.05) is 6.54 Å². The molecule has 0 fully saturated rings. The Labute approximate surface area is 122 Å². The molecule has 1 aromatic rings. The summed E-state index contributed by atoms with van der Waals surface area (Å²) in [4.78, 5) is 12.5. The molecule has 20 heavy (non-hydrogen) atoms. The van der Waals surface area contributed by atoms with E-state index in [-0.39, 0.29) is 11.4 Å². The number of hydrogen-bond donors (Lipinski definition) is 2. The summed E-state index contributed by atoms with van der Waals surface area (Å²) >= 11 is 0. The Bertz CT molecular complexity index is 470. The first-order valence-electron chi connectivity index (χ1n) is 7.79. The third-order valence-electron chi connectivity index (χ3n) is 4.76. The van der Waals surface area contributed by atoms with Gasteiger partial charge in [-0.2, -0.15) is 0 Å². The molecule has 1 amide bonds. The summed E-state index contributed by atoms with van der Waals surface area (Å²) in [5.74, 6) is 0.0592. The molecular weight excluding hydrogens is 248 g/mol. The Kier molecular flexibility index (Phi) is 4.81. The molecular formula is C17H26N2O. The molecule has 3 heteroatoms. The Hall–Kier alpha value is -1.35. The lowest BCUT2D eigenvalue weighted by Gasteiger charge is -2.32. The smallest absolute Gasteiger partial charge is 0.251 e. The van der Waals surface area contributed by atoms with Gasteiger partial charge < -0.3 is 10.6 Å². The highest BCUT2D eigenvalue weighted by atomic mass is 16.1. The summed E-state index contributed by atoms with van der Waals surface area (Å²) in [6, 6.07) is 6.12. The van der Waals surface area contributed by atoms with Gasteiger partial charge in [-0.05, 0) is 55.5 Å². The molecule has 0 spiro atoms. The highest BCUT2D eigenvalue weighted by molar-refractivity contribution is 5.95. The van der Waals surface area contributed by atoms with E-state index in [1.54, 1.807) is 0 Å². The molecule has 0 radical (unpaired) electrons. The minimum absolute atomic E-state index is 0.0592. The lowest BCUT2D eigenvalue weighted by molar-refractivity contribution is 0.0888. The van der Waals surface area contributed by atoms with Gasteiger partial charge in [0, 0.05) is 17.6 Å². The highest BCUT2D eigenvalue weighted by Crippen LogP contribution is 2.21. The van der Waals surface area contributed by atoms with Gasteiger partial charge >= 0.3 is 0 Å². The van der Waals surface area contributed by atoms with Crippen LogP contribution in [0.15, 0.2) is 18.2 Å². The van der Waals surface area contributed by atoms with E-state index in [1.165, 1.54) is 11.1 Å². The molecule has 1 aliphatic heterocycles. The van der Waals surface area contributed by atoms with Gasteiger partial charge in [-0.25, -0.2) is 0 Å². The number of carbonyl (C=O) groups excluding carboxylic acids is 1. The van der Waals surface area contributed by atoms with Crippen LogP contribution in [0.5, 0.6) is 0 Å². The van der Waals surface area contributed by atoms with E-state index >= 15 is 0 Å². The number of benzene rings is 1. The molecule has 1 aliphatic rings. The minimum Gasteiger partial charge on any atom is -0.347 e. The fraction of sp³-hybridized carbons (Fsp3) is 0.588. The Morgan fingerprint density at radius 1 is 1.20 bits per heavy atom. The van der Waals surface area contributed by atoms with Gasteiger partial charge in [-0.15, -0.1) is 0 Å². The van der Waals surface area contributed by atoms with Crippen LogP contribution in [0, 0.1) is 0 Å². The van der Waals surface area contributed by atoms with Crippen molar-refractivity contribution >= 4 is 5.91 Å². The average Bonchev–Trinajstić information content (AvgIpc) is 2.52. The topological polar surface area (TPSA) is 41.1 Å². The molecule has 0 saturated carbocycles. The molecule has 1 aromatic carbocycles. The zero-order valence-electron chi connectivity index (χ0n) is 12.9. The van der Waals surface area contributed by atoms with Gasteiger partial charge in [0.15, 0.2) is 0 Å². The third kappa shape index (κ3) is 3.04. The second kappa shape index (κ2) is 6.40. The predicted molar refractivity (Wildman–Crippen MR) is 82.9 cm³/mol. The van der Waals surface area contributed by atoms with Gasteiger partial charge in [0.05, 0.1) is 0 Å². The number of carbonyl (C=O) groups is 1. The highest BCUT2D eigenvalue weighted by Gasteiger charge is 2.26. The summed E-state index contributed by atoms with van der Waals surface area (Å²) in [6.45, 7) is 8.33. The van der Waals surface area contributed by atoms with Gasteiger partial charge in [-0.1, -0.05) is 26.8 Å². The van der Waals surface area contributed by atoms with Crippen LogP contribution < -0.4 is 10.6 Å². The first kappa shape index (κ1) is 15.0. The van der Waals surface area contributed by atoms with Crippen LogP contribution in [0.2, 0.25) is 0 Å². The van der Waals surface area contributed by atoms with Crippen LogP contribution in [0.1, 0.15) is 61.5 Å². The Balaban J connectivity index is 2.17. The fourth-order valence-electron chi connectivity index (χ4n) is 2.95. The van der Waals surface area contributed by atoms with Crippen molar-refractivity contribution in [3.63, 3.8) is 0 Å². The zero-order valence-corrected chi connectivity index (χ0v) is 12.9. The second-order valence-electron chi connectivity index (χ2n) is 5.71. The maximum atomic E-state index is 12.5. The Morgan fingerprint density at radius 3 is 2.55 bits per heavy atom. The maximum Gasteiger partial charge on any atom is 0.251 e. The van der Waals surface area contributed by atoms with Gasteiger partial charge in [-0.3, -0.25) is 4.79 Å². The average molecular weight is 274 g/mol. The van der Waals surface area contributed by atoms with Gasteiger partial charge in [0.1, 0.15) is 0 Å². The molecule has 0 aliphatic carbocycles. The van der Waals surface area contributed by atoms with E-state index in [0.29, 0.717) is 0 Å². The molecule has 0 unspecified atom stereocenters. The molecule has 2 N–H and O–H groups in total. The van der Waals surface area contributed by atoms with Crippen LogP contribution in [-0.4, -0.2) is 18.0 Å². The molecule has 0 atom stereocenters. The molecule has 0 aromatic heterocycles. The van der Waals surface area contributed by atoms with E-state index in [0.717, 1.165) is 44.3 Å². The molecule has 1 heterocycles. The molecule has 0 saturated heterocycles. The normalized spacial score (nSPS) is 14.8. The fourth-order valence-corrected chi connectivity index (χ4v) is 2.95. The van der Waals surface area contributed by atoms with E-state index in [1.807, 2.05) is 12.1 Å². The zero-order chi connectivity index (χ0) is 14.6. The summed E-state index contributed by atoms with van der Waals surface area (Å²) in [5.41, 5.74) is 3.35. The van der Waals surface area contributed by atoms with Crippen molar-refractivity contribution in [2.24, 2.45) is 0 Å². The van der Waals surface area contributed by atoms with Crippen molar-refractivity contribution < 1.29 is 4.79 Å². The molecule has 110 valence electrons. The largest absolute Gasteiger partial charge is 0.347 e. The summed E-state index contributed by atoms with van der Waals surface area (Å²) in [5, 5.41) is 6.60. The number of nitrogens with one attached hydrogen (secondary N) is 2. The number of hydrogen-bond acceptors (Lipinski definition) is 2. The summed E-state index contributed by atoms with van der Waals surface area (Å²) in [6.07, 6.45) is 3.97. The quantitative estimate of drug-likeness (QED) is 0.866. The lowest BCUT2D eigenvalue weighted by atomic mass is 9.89. The maximum absolute atomic E-state index is 12.5. The van der Waals surface area contributed by atoms with E-state index in [9.17, 15) is 4.79 Å². The van der Waals surface area contributed by atoms with Crippen LogP contribution in [0.3, 0.4) is 0 Å². The number of amides is 1. The molecule has 0 bridgehead atoms. The van der Waals surface area contributed by atoms with Gasteiger partial charge in [0.25, 0.3) is 5.91 Å². The number of rotatable bonds is 5. The SMILES string of the molecule is CCC(CC)(CC)NC(=O)c1ccc2c(c1)CNCC2. The third-order valence-corrected chi connectivity index (χ3v) is 4.76.